The van der Waals surface area contributed by atoms with Crippen LogP contribution in [0.15, 0.2) is 24.3 Å². The van der Waals surface area contributed by atoms with Crippen LogP contribution in [0.1, 0.15) is 21.7 Å². The number of aryl methyl sites for hydroxylation is 1. The lowest BCUT2D eigenvalue weighted by Crippen LogP contribution is -2.05. The third kappa shape index (κ3) is 1.99. The molecule has 0 aliphatic heterocycles. The molecular formula is C13H13FN2O2. The van der Waals surface area contributed by atoms with Crippen molar-refractivity contribution in [2.45, 2.75) is 13.8 Å². The van der Waals surface area contributed by atoms with Gasteiger partial charge in [0.05, 0.1) is 24.2 Å². The number of aromatic nitrogens is 2. The first kappa shape index (κ1) is 12.3. The third-order valence-electron chi connectivity index (χ3n) is 2.75. The standard InChI is InChI=1S/C13H13FN2O2/c1-8-12(13(17)18-3)9(2)16(15-8)11-6-4-10(14)5-7-11/h4-7H,1-3H3. The number of ether oxygens (including phenoxy) is 1. The fraction of sp³-hybridized carbons (Fsp3) is 0.231. The minimum atomic E-state index is -0.418. The summed E-state index contributed by atoms with van der Waals surface area (Å²) in [5, 5.41) is 4.27. The van der Waals surface area contributed by atoms with Gasteiger partial charge in [-0.3, -0.25) is 0 Å². The molecule has 0 spiro atoms. The highest BCUT2D eigenvalue weighted by Gasteiger charge is 2.19. The van der Waals surface area contributed by atoms with Crippen molar-refractivity contribution in [1.29, 1.82) is 0 Å². The first-order valence-electron chi connectivity index (χ1n) is 5.45. The first-order valence-corrected chi connectivity index (χ1v) is 5.45. The second-order valence-corrected chi connectivity index (χ2v) is 3.93. The summed E-state index contributed by atoms with van der Waals surface area (Å²) in [4.78, 5) is 11.6. The number of carbonyl (C=O) groups is 1. The topological polar surface area (TPSA) is 44.1 Å². The summed E-state index contributed by atoms with van der Waals surface area (Å²) in [6.07, 6.45) is 0. The largest absolute Gasteiger partial charge is 0.465 e. The molecule has 1 aromatic carbocycles. The normalized spacial score (nSPS) is 10.4. The maximum Gasteiger partial charge on any atom is 0.341 e. The smallest absolute Gasteiger partial charge is 0.341 e. The molecule has 0 unspecified atom stereocenters. The van der Waals surface area contributed by atoms with Crippen molar-refractivity contribution in [2.75, 3.05) is 7.11 Å². The summed E-state index contributed by atoms with van der Waals surface area (Å²) < 4.78 is 19.2. The van der Waals surface area contributed by atoms with Crippen molar-refractivity contribution in [3.8, 4) is 5.69 Å². The van der Waals surface area contributed by atoms with E-state index in [9.17, 15) is 9.18 Å². The number of methoxy groups -OCH3 is 1. The fourth-order valence-electron chi connectivity index (χ4n) is 1.87. The lowest BCUT2D eigenvalue weighted by atomic mass is 10.2. The molecule has 0 N–H and O–H groups in total. The zero-order chi connectivity index (χ0) is 13.3. The van der Waals surface area contributed by atoms with Gasteiger partial charge in [0.1, 0.15) is 11.4 Å². The number of halogens is 1. The van der Waals surface area contributed by atoms with Crippen LogP contribution in [0.25, 0.3) is 5.69 Å². The molecule has 5 heteroatoms. The summed E-state index contributed by atoms with van der Waals surface area (Å²) in [5.74, 6) is -0.730. The average molecular weight is 248 g/mol. The Hall–Kier alpha value is -2.17. The van der Waals surface area contributed by atoms with E-state index in [2.05, 4.69) is 5.10 Å². The van der Waals surface area contributed by atoms with Gasteiger partial charge in [-0.05, 0) is 38.1 Å². The van der Waals surface area contributed by atoms with Crippen molar-refractivity contribution >= 4 is 5.97 Å². The summed E-state index contributed by atoms with van der Waals surface area (Å²) in [6, 6.07) is 5.92. The predicted octanol–water partition coefficient (Wildman–Crippen LogP) is 2.41. The minimum Gasteiger partial charge on any atom is -0.465 e. The third-order valence-corrected chi connectivity index (χ3v) is 2.75. The van der Waals surface area contributed by atoms with Crippen molar-refractivity contribution in [3.05, 3.63) is 47.0 Å². The van der Waals surface area contributed by atoms with E-state index in [1.54, 1.807) is 30.7 Å². The number of carbonyl (C=O) groups excluding carboxylic acids is 1. The molecule has 94 valence electrons. The van der Waals surface area contributed by atoms with Gasteiger partial charge in [0.2, 0.25) is 0 Å². The fourth-order valence-corrected chi connectivity index (χ4v) is 1.87. The number of hydrogen-bond donors (Lipinski definition) is 0. The number of esters is 1. The van der Waals surface area contributed by atoms with E-state index in [0.29, 0.717) is 22.6 Å². The SMILES string of the molecule is COC(=O)c1c(C)nn(-c2ccc(F)cc2)c1C. The molecule has 1 heterocycles. The van der Waals surface area contributed by atoms with Gasteiger partial charge in [-0.2, -0.15) is 5.10 Å². The molecule has 18 heavy (non-hydrogen) atoms. The summed E-state index contributed by atoms with van der Waals surface area (Å²) in [5.41, 5.74) is 2.41. The molecule has 0 amide bonds. The zero-order valence-electron chi connectivity index (χ0n) is 10.4. The molecule has 0 fully saturated rings. The van der Waals surface area contributed by atoms with Crippen molar-refractivity contribution in [3.63, 3.8) is 0 Å². The molecule has 0 saturated carbocycles. The number of benzene rings is 1. The van der Waals surface area contributed by atoms with Gasteiger partial charge < -0.3 is 4.74 Å². The van der Waals surface area contributed by atoms with Crippen molar-refractivity contribution < 1.29 is 13.9 Å². The van der Waals surface area contributed by atoms with Crippen LogP contribution in [0.5, 0.6) is 0 Å². The average Bonchev–Trinajstić information content (AvgIpc) is 2.65. The molecule has 0 bridgehead atoms. The molecule has 0 aliphatic carbocycles. The van der Waals surface area contributed by atoms with Crippen LogP contribution in [-0.2, 0) is 4.74 Å². The Balaban J connectivity index is 2.53. The van der Waals surface area contributed by atoms with Crippen LogP contribution < -0.4 is 0 Å². The van der Waals surface area contributed by atoms with Crippen LogP contribution in [0.4, 0.5) is 4.39 Å². The summed E-state index contributed by atoms with van der Waals surface area (Å²) in [6.45, 7) is 3.51. The maximum atomic E-state index is 12.9. The van der Waals surface area contributed by atoms with Crippen molar-refractivity contribution in [2.24, 2.45) is 0 Å². The Morgan fingerprint density at radius 2 is 1.89 bits per heavy atom. The van der Waals surface area contributed by atoms with Gasteiger partial charge in [0.25, 0.3) is 0 Å². The lowest BCUT2D eigenvalue weighted by molar-refractivity contribution is 0.0599. The zero-order valence-corrected chi connectivity index (χ0v) is 10.4. The molecular weight excluding hydrogens is 235 g/mol. The van der Waals surface area contributed by atoms with Crippen LogP contribution >= 0.6 is 0 Å². The van der Waals surface area contributed by atoms with E-state index in [1.165, 1.54) is 19.2 Å². The molecule has 4 nitrogen and oxygen atoms in total. The van der Waals surface area contributed by atoms with E-state index in [0.717, 1.165) is 0 Å². The predicted molar refractivity (Wildman–Crippen MR) is 64.3 cm³/mol. The summed E-state index contributed by atoms with van der Waals surface area (Å²) >= 11 is 0. The lowest BCUT2D eigenvalue weighted by Gasteiger charge is -2.04. The van der Waals surface area contributed by atoms with Crippen molar-refractivity contribution in [1.82, 2.24) is 9.78 Å². The second kappa shape index (κ2) is 4.60. The van der Waals surface area contributed by atoms with Gasteiger partial charge in [-0.1, -0.05) is 0 Å². The molecule has 0 radical (unpaired) electrons. The molecule has 2 rings (SSSR count). The van der Waals surface area contributed by atoms with Crippen LogP contribution in [-0.4, -0.2) is 22.9 Å². The highest BCUT2D eigenvalue weighted by molar-refractivity contribution is 5.91. The Labute approximate surface area is 104 Å². The van der Waals surface area contributed by atoms with E-state index in [-0.39, 0.29) is 5.82 Å². The monoisotopic (exact) mass is 248 g/mol. The minimum absolute atomic E-state index is 0.312. The second-order valence-electron chi connectivity index (χ2n) is 3.93. The molecule has 0 saturated heterocycles. The molecule has 0 aliphatic rings. The Morgan fingerprint density at radius 3 is 2.44 bits per heavy atom. The van der Waals surface area contributed by atoms with Crippen LogP contribution in [0.3, 0.4) is 0 Å². The van der Waals surface area contributed by atoms with Crippen LogP contribution in [0.2, 0.25) is 0 Å². The molecule has 0 atom stereocenters. The molecule has 1 aromatic heterocycles. The van der Waals surface area contributed by atoms with Gasteiger partial charge in [-0.25, -0.2) is 13.9 Å². The highest BCUT2D eigenvalue weighted by Crippen LogP contribution is 2.18. The Kier molecular flexibility index (Phi) is 3.14. The first-order chi connectivity index (χ1) is 8.54. The number of rotatable bonds is 2. The van der Waals surface area contributed by atoms with E-state index in [4.69, 9.17) is 4.74 Å². The number of hydrogen-bond acceptors (Lipinski definition) is 3. The maximum absolute atomic E-state index is 12.9. The Bertz CT molecular complexity index is 588. The Morgan fingerprint density at radius 1 is 1.28 bits per heavy atom. The quantitative estimate of drug-likeness (QED) is 0.766. The van der Waals surface area contributed by atoms with Gasteiger partial charge in [0, 0.05) is 0 Å². The van der Waals surface area contributed by atoms with Gasteiger partial charge >= 0.3 is 5.97 Å². The van der Waals surface area contributed by atoms with Gasteiger partial charge in [0.15, 0.2) is 0 Å². The van der Waals surface area contributed by atoms with E-state index < -0.39 is 5.97 Å². The highest BCUT2D eigenvalue weighted by atomic mass is 19.1. The summed E-state index contributed by atoms with van der Waals surface area (Å²) in [7, 11) is 1.33. The molecule has 2 aromatic rings. The van der Waals surface area contributed by atoms with Crippen LogP contribution in [0, 0.1) is 19.7 Å². The van der Waals surface area contributed by atoms with E-state index >= 15 is 0 Å². The van der Waals surface area contributed by atoms with E-state index in [1.807, 2.05) is 0 Å². The number of nitrogens with zero attached hydrogens (tertiary/aromatic N) is 2. The van der Waals surface area contributed by atoms with Gasteiger partial charge in [-0.15, -0.1) is 0 Å².